The summed E-state index contributed by atoms with van der Waals surface area (Å²) in [5, 5.41) is 1.17. The number of piperazine rings is 1. The van der Waals surface area contributed by atoms with E-state index in [1.807, 2.05) is 29.3 Å². The van der Waals surface area contributed by atoms with E-state index in [-0.39, 0.29) is 5.91 Å². The Kier molecular flexibility index (Phi) is 6.74. The highest BCUT2D eigenvalue weighted by molar-refractivity contribution is 5.95. The molecule has 2 aromatic heterocycles. The van der Waals surface area contributed by atoms with E-state index in [4.69, 9.17) is 0 Å². The molecule has 0 aliphatic carbocycles. The summed E-state index contributed by atoms with van der Waals surface area (Å²) in [6.07, 6.45) is 4.55. The SMILES string of the molecule is CN1CCN(c2cc(C(=O)N3CCN(C)C[C@H](Cc4cccc5cccnc45)C3)ccn2)CC1. The summed E-state index contributed by atoms with van der Waals surface area (Å²) in [5.41, 5.74) is 3.06. The Labute approximate surface area is 202 Å². The molecular formula is C27H34N6O. The van der Waals surface area contributed by atoms with E-state index >= 15 is 0 Å². The number of para-hydroxylation sites is 1. The van der Waals surface area contributed by atoms with Gasteiger partial charge in [-0.05, 0) is 50.2 Å². The van der Waals surface area contributed by atoms with E-state index in [0.29, 0.717) is 5.92 Å². The monoisotopic (exact) mass is 458 g/mol. The van der Waals surface area contributed by atoms with Crippen molar-refractivity contribution in [1.82, 2.24) is 24.7 Å². The molecule has 34 heavy (non-hydrogen) atoms. The molecule has 1 aromatic carbocycles. The largest absolute Gasteiger partial charge is 0.354 e. The average molecular weight is 459 g/mol. The predicted octanol–water partition coefficient (Wildman–Crippen LogP) is 2.63. The maximum Gasteiger partial charge on any atom is 0.254 e. The molecule has 4 heterocycles. The summed E-state index contributed by atoms with van der Waals surface area (Å²) >= 11 is 0. The first kappa shape index (κ1) is 22.7. The van der Waals surface area contributed by atoms with Crippen molar-refractivity contribution in [1.29, 1.82) is 0 Å². The van der Waals surface area contributed by atoms with Gasteiger partial charge in [-0.3, -0.25) is 9.78 Å². The van der Waals surface area contributed by atoms with E-state index in [1.54, 1.807) is 6.20 Å². The lowest BCUT2D eigenvalue weighted by Gasteiger charge is -2.33. The molecular weight excluding hydrogens is 424 g/mol. The molecule has 1 amide bonds. The molecule has 0 saturated carbocycles. The average Bonchev–Trinajstić information content (AvgIpc) is 3.05. The minimum atomic E-state index is 0.106. The van der Waals surface area contributed by atoms with Crippen LogP contribution in [0.15, 0.2) is 54.9 Å². The van der Waals surface area contributed by atoms with Crippen LogP contribution in [0, 0.1) is 5.92 Å². The molecule has 0 N–H and O–H groups in total. The van der Waals surface area contributed by atoms with Gasteiger partial charge in [-0.25, -0.2) is 4.98 Å². The summed E-state index contributed by atoms with van der Waals surface area (Å²) in [4.78, 5) is 31.8. The number of hydrogen-bond donors (Lipinski definition) is 0. The fourth-order valence-corrected chi connectivity index (χ4v) is 5.18. The molecule has 0 spiro atoms. The van der Waals surface area contributed by atoms with Gasteiger partial charge in [0, 0.05) is 75.7 Å². The van der Waals surface area contributed by atoms with Crippen LogP contribution in [0.1, 0.15) is 15.9 Å². The van der Waals surface area contributed by atoms with Gasteiger partial charge in [0.2, 0.25) is 0 Å². The Hall–Kier alpha value is -3.03. The van der Waals surface area contributed by atoms with Crippen molar-refractivity contribution in [2.24, 2.45) is 5.92 Å². The second kappa shape index (κ2) is 10.1. The van der Waals surface area contributed by atoms with Gasteiger partial charge in [-0.2, -0.15) is 0 Å². The number of likely N-dealkylation sites (N-methyl/N-ethyl adjacent to an activating group) is 2. The predicted molar refractivity (Wildman–Crippen MR) is 136 cm³/mol. The molecule has 2 aliphatic heterocycles. The number of pyridine rings is 2. The number of hydrogen-bond acceptors (Lipinski definition) is 6. The topological polar surface area (TPSA) is 55.8 Å². The Morgan fingerprint density at radius 1 is 0.882 bits per heavy atom. The number of fused-ring (bicyclic) bond motifs is 1. The molecule has 7 heteroatoms. The van der Waals surface area contributed by atoms with Crippen molar-refractivity contribution >= 4 is 22.6 Å². The lowest BCUT2D eigenvalue weighted by atomic mass is 9.96. The van der Waals surface area contributed by atoms with Gasteiger partial charge in [0.25, 0.3) is 5.91 Å². The number of carbonyl (C=O) groups excluding carboxylic acids is 1. The van der Waals surface area contributed by atoms with Gasteiger partial charge < -0.3 is 19.6 Å². The first-order valence-corrected chi connectivity index (χ1v) is 12.3. The maximum atomic E-state index is 13.6. The second-order valence-electron chi connectivity index (χ2n) is 9.77. The van der Waals surface area contributed by atoms with E-state index in [1.165, 1.54) is 10.9 Å². The van der Waals surface area contributed by atoms with Gasteiger partial charge in [-0.15, -0.1) is 0 Å². The summed E-state index contributed by atoms with van der Waals surface area (Å²) in [6, 6.07) is 14.3. The summed E-state index contributed by atoms with van der Waals surface area (Å²) < 4.78 is 0. The summed E-state index contributed by atoms with van der Waals surface area (Å²) in [7, 11) is 4.30. The third kappa shape index (κ3) is 5.05. The standard InChI is InChI=1S/C27H34N6O/c1-30-11-14-32(15-12-30)25-18-24(8-10-28-25)27(34)33-16-13-31(2)19-21(20-33)17-23-6-3-5-22-7-4-9-29-26(22)23/h3-10,18,21H,11-17,19-20H2,1-2H3/t21-/m0/s1. The first-order valence-electron chi connectivity index (χ1n) is 12.3. The van der Waals surface area contributed by atoms with Crippen molar-refractivity contribution in [3.63, 3.8) is 0 Å². The van der Waals surface area contributed by atoms with Crippen LogP contribution in [0.4, 0.5) is 5.82 Å². The molecule has 3 aromatic rings. The van der Waals surface area contributed by atoms with Gasteiger partial charge in [0.1, 0.15) is 5.82 Å². The van der Waals surface area contributed by atoms with Crippen molar-refractivity contribution in [3.8, 4) is 0 Å². The van der Waals surface area contributed by atoms with Crippen molar-refractivity contribution < 1.29 is 4.79 Å². The highest BCUT2D eigenvalue weighted by atomic mass is 16.2. The molecule has 5 rings (SSSR count). The molecule has 0 unspecified atom stereocenters. The Morgan fingerprint density at radius 3 is 2.53 bits per heavy atom. The zero-order chi connectivity index (χ0) is 23.5. The zero-order valence-electron chi connectivity index (χ0n) is 20.2. The minimum Gasteiger partial charge on any atom is -0.354 e. The van der Waals surface area contributed by atoms with Gasteiger partial charge in [0.15, 0.2) is 0 Å². The maximum absolute atomic E-state index is 13.6. The summed E-state index contributed by atoms with van der Waals surface area (Å²) in [6.45, 7) is 7.26. The van der Waals surface area contributed by atoms with Crippen LogP contribution in [0.2, 0.25) is 0 Å². The van der Waals surface area contributed by atoms with Crippen LogP contribution >= 0.6 is 0 Å². The van der Waals surface area contributed by atoms with Crippen LogP contribution < -0.4 is 4.90 Å². The van der Waals surface area contributed by atoms with Crippen molar-refractivity contribution in [2.75, 3.05) is 71.4 Å². The van der Waals surface area contributed by atoms with Crippen LogP contribution in [0.5, 0.6) is 0 Å². The number of amides is 1. The molecule has 2 fully saturated rings. The Morgan fingerprint density at radius 2 is 1.68 bits per heavy atom. The highest BCUT2D eigenvalue weighted by Gasteiger charge is 2.26. The molecule has 2 aliphatic rings. The highest BCUT2D eigenvalue weighted by Crippen LogP contribution is 2.23. The van der Waals surface area contributed by atoms with Crippen LogP contribution in [0.3, 0.4) is 0 Å². The Balaban J connectivity index is 1.33. The lowest BCUT2D eigenvalue weighted by molar-refractivity contribution is 0.0746. The fourth-order valence-electron chi connectivity index (χ4n) is 5.18. The number of nitrogens with zero attached hydrogens (tertiary/aromatic N) is 6. The van der Waals surface area contributed by atoms with Gasteiger partial charge >= 0.3 is 0 Å². The lowest BCUT2D eigenvalue weighted by Crippen LogP contribution is -2.45. The molecule has 0 bridgehead atoms. The van der Waals surface area contributed by atoms with E-state index in [2.05, 4.69) is 63.0 Å². The number of rotatable bonds is 4. The third-order valence-electron chi connectivity index (χ3n) is 7.13. The van der Waals surface area contributed by atoms with E-state index < -0.39 is 0 Å². The first-order chi connectivity index (χ1) is 16.6. The van der Waals surface area contributed by atoms with E-state index in [9.17, 15) is 4.79 Å². The van der Waals surface area contributed by atoms with Crippen LogP contribution in [0.25, 0.3) is 10.9 Å². The van der Waals surface area contributed by atoms with Crippen LogP contribution in [-0.4, -0.2) is 97.0 Å². The second-order valence-corrected chi connectivity index (χ2v) is 9.77. The third-order valence-corrected chi connectivity index (χ3v) is 7.13. The Bertz CT molecular complexity index is 1140. The smallest absolute Gasteiger partial charge is 0.254 e. The number of aromatic nitrogens is 2. The number of benzene rings is 1. The molecule has 1 atom stereocenters. The van der Waals surface area contributed by atoms with Gasteiger partial charge in [-0.1, -0.05) is 24.3 Å². The van der Waals surface area contributed by atoms with Crippen molar-refractivity contribution in [3.05, 3.63) is 66.0 Å². The fraction of sp³-hybridized carbons (Fsp3) is 0.444. The minimum absolute atomic E-state index is 0.106. The molecule has 178 valence electrons. The van der Waals surface area contributed by atoms with Gasteiger partial charge in [0.05, 0.1) is 5.52 Å². The van der Waals surface area contributed by atoms with Crippen molar-refractivity contribution in [2.45, 2.75) is 6.42 Å². The normalized spacial score (nSPS) is 20.5. The number of carbonyl (C=O) groups is 1. The quantitative estimate of drug-likeness (QED) is 0.599. The zero-order valence-corrected chi connectivity index (χ0v) is 20.2. The molecule has 0 radical (unpaired) electrons. The van der Waals surface area contributed by atoms with Crippen LogP contribution in [-0.2, 0) is 6.42 Å². The van der Waals surface area contributed by atoms with E-state index in [0.717, 1.165) is 75.7 Å². The molecule has 2 saturated heterocycles. The molecule has 7 nitrogen and oxygen atoms in total. The number of anilines is 1. The summed E-state index contributed by atoms with van der Waals surface area (Å²) in [5.74, 6) is 1.36.